The molecule has 0 saturated carbocycles. The first-order chi connectivity index (χ1) is 16.5. The second-order valence-electron chi connectivity index (χ2n) is 8.23. The first-order valence-corrected chi connectivity index (χ1v) is 11.0. The van der Waals surface area contributed by atoms with Crippen molar-refractivity contribution in [3.05, 3.63) is 0 Å². The number of carboxylic acids is 3. The number of carboxylic acid groups (broad SMARTS) is 3. The molecular formula is C20H43ClN7NaO9. The summed E-state index contributed by atoms with van der Waals surface area (Å²) in [5.74, 6) is -3.91. The minimum absolute atomic E-state index is 0. The Labute approximate surface area is 250 Å². The molecule has 0 aliphatic rings. The van der Waals surface area contributed by atoms with Gasteiger partial charge < -0.3 is 64.3 Å². The van der Waals surface area contributed by atoms with Crippen LogP contribution in [0.4, 0.5) is 0 Å². The maximum absolute atomic E-state index is 11.2. The van der Waals surface area contributed by atoms with Crippen LogP contribution in [0, 0.1) is 5.41 Å². The van der Waals surface area contributed by atoms with Crippen molar-refractivity contribution in [2.75, 3.05) is 26.2 Å². The molecule has 0 aliphatic carbocycles. The Bertz CT molecular complexity index is 700. The van der Waals surface area contributed by atoms with Gasteiger partial charge in [0.2, 0.25) is 5.91 Å². The van der Waals surface area contributed by atoms with Crippen molar-refractivity contribution < 1.29 is 74.3 Å². The zero-order valence-corrected chi connectivity index (χ0v) is 25.0. The molecule has 0 aromatic heterocycles. The van der Waals surface area contributed by atoms with Crippen LogP contribution in [-0.4, -0.2) is 94.6 Å². The van der Waals surface area contributed by atoms with Crippen LogP contribution in [0.3, 0.4) is 0 Å². The van der Waals surface area contributed by atoms with Gasteiger partial charge in [0.25, 0.3) is 0 Å². The van der Waals surface area contributed by atoms with E-state index in [-0.39, 0.29) is 67.5 Å². The molecule has 0 radical (unpaired) electrons. The van der Waals surface area contributed by atoms with Gasteiger partial charge in [0.15, 0.2) is 5.96 Å². The standard InChI is InChI=1S/C9H17NO5.C6H14N4O2.C5H12N2O2.ClH.Na/c1-9(2,5-11)7(14)8(15)10-4-3-6(12)13;7-4(5(11)12)2-1-3-10-6(8)9;6-3-1-2-4(7)5(8)9;;/h7,11,14H,3-5H2,1-2H3,(H,10,15)(H,12,13);4H,1-3,7H2,(H,11,12)(H4,8,9,10);4H,1-3,6-7H2,(H,8,9);1H;/q;;;;+1/p-1/t;2*4-;;/m.00../s1. The minimum atomic E-state index is -1.37. The Kier molecular flexibility index (Phi) is 32.6. The predicted octanol–water partition coefficient (Wildman–Crippen LogP) is -7.36. The quantitative estimate of drug-likeness (QED) is 0.0370. The summed E-state index contributed by atoms with van der Waals surface area (Å²) in [6, 6.07) is -1.56. The van der Waals surface area contributed by atoms with Gasteiger partial charge in [-0.2, -0.15) is 0 Å². The van der Waals surface area contributed by atoms with Crippen molar-refractivity contribution in [2.24, 2.45) is 39.1 Å². The molecule has 3 atom stereocenters. The van der Waals surface area contributed by atoms with Gasteiger partial charge in [-0.25, -0.2) is 0 Å². The number of amides is 1. The van der Waals surface area contributed by atoms with Crippen molar-refractivity contribution in [3.63, 3.8) is 0 Å². The van der Waals surface area contributed by atoms with Gasteiger partial charge in [-0.1, -0.05) is 13.8 Å². The number of nitrogens with two attached hydrogens (primary N) is 5. The average molecular weight is 584 g/mol. The third-order valence-electron chi connectivity index (χ3n) is 4.35. The van der Waals surface area contributed by atoms with Crippen LogP contribution in [-0.2, 0) is 19.2 Å². The molecule has 0 rings (SSSR count). The molecule has 0 bridgehead atoms. The van der Waals surface area contributed by atoms with Crippen molar-refractivity contribution in [1.82, 2.24) is 5.32 Å². The molecule has 18 heteroatoms. The molecule has 16 nitrogen and oxygen atoms in total. The van der Waals surface area contributed by atoms with Gasteiger partial charge in [0.05, 0.1) is 6.61 Å². The van der Waals surface area contributed by atoms with Crippen LogP contribution in [0.2, 0.25) is 0 Å². The summed E-state index contributed by atoms with van der Waals surface area (Å²) in [6.07, 6.45) is 0.415. The number of hydrogen-bond acceptors (Lipinski definition) is 11. The van der Waals surface area contributed by atoms with Crippen LogP contribution in [0.1, 0.15) is 46.0 Å². The molecule has 0 aromatic rings. The van der Waals surface area contributed by atoms with Crippen LogP contribution in [0.15, 0.2) is 4.99 Å². The number of carbonyl (C=O) groups is 4. The Hall–Kier alpha value is -1.76. The number of aliphatic carboxylic acids is 3. The third-order valence-corrected chi connectivity index (χ3v) is 4.35. The number of hydrogen-bond donors (Lipinski definition) is 10. The maximum Gasteiger partial charge on any atom is 1.00 e. The van der Waals surface area contributed by atoms with E-state index in [2.05, 4.69) is 10.3 Å². The van der Waals surface area contributed by atoms with Crippen LogP contribution in [0.5, 0.6) is 0 Å². The molecule has 38 heavy (non-hydrogen) atoms. The fourth-order valence-electron chi connectivity index (χ4n) is 1.93. The number of nitrogens with one attached hydrogen (secondary N) is 1. The molecule has 15 N–H and O–H groups in total. The fraction of sp³-hybridized carbons (Fsp3) is 0.750. The molecule has 0 fully saturated rings. The Morgan fingerprint density at radius 2 is 1.45 bits per heavy atom. The smallest absolute Gasteiger partial charge is 0.550 e. The first kappa shape index (κ1) is 46.1. The van der Waals surface area contributed by atoms with E-state index in [1.54, 1.807) is 0 Å². The zero-order chi connectivity index (χ0) is 28.9. The van der Waals surface area contributed by atoms with Crippen LogP contribution >= 0.6 is 12.4 Å². The summed E-state index contributed by atoms with van der Waals surface area (Å²) in [5.41, 5.74) is 24.6. The van der Waals surface area contributed by atoms with Gasteiger partial charge in [0.1, 0.15) is 18.2 Å². The Morgan fingerprint density at radius 1 is 1.00 bits per heavy atom. The van der Waals surface area contributed by atoms with Gasteiger partial charge >= 0.3 is 41.5 Å². The zero-order valence-electron chi connectivity index (χ0n) is 22.2. The van der Waals surface area contributed by atoms with Crippen molar-refractivity contribution in [2.45, 2.75) is 64.1 Å². The van der Waals surface area contributed by atoms with Gasteiger partial charge in [0, 0.05) is 30.9 Å². The SMILES string of the molecule is CC(C)(CO)C(O)C(=O)NCCC(=O)[O-].Cl.NC(N)=NCCC[C@H](N)C(=O)O.NCCC[C@H](N)C(=O)O.[Na+]. The summed E-state index contributed by atoms with van der Waals surface area (Å²) < 4.78 is 0. The van der Waals surface area contributed by atoms with Crippen molar-refractivity contribution in [3.8, 4) is 0 Å². The van der Waals surface area contributed by atoms with E-state index in [1.807, 2.05) is 0 Å². The molecule has 1 unspecified atom stereocenters. The van der Waals surface area contributed by atoms with E-state index < -0.39 is 47.4 Å². The summed E-state index contributed by atoms with van der Waals surface area (Å²) in [7, 11) is 0. The second-order valence-corrected chi connectivity index (χ2v) is 8.23. The number of aliphatic hydroxyl groups is 2. The van der Waals surface area contributed by atoms with Crippen molar-refractivity contribution >= 4 is 42.2 Å². The average Bonchev–Trinajstić information content (AvgIpc) is 2.79. The summed E-state index contributed by atoms with van der Waals surface area (Å²) in [6.45, 7) is 3.53. The molecule has 0 saturated heterocycles. The Balaban J connectivity index is -0.000000144. The molecule has 220 valence electrons. The van der Waals surface area contributed by atoms with E-state index in [1.165, 1.54) is 13.8 Å². The van der Waals surface area contributed by atoms with Crippen molar-refractivity contribution in [1.29, 1.82) is 0 Å². The molecular weight excluding hydrogens is 541 g/mol. The summed E-state index contributed by atoms with van der Waals surface area (Å²) in [4.78, 5) is 45.2. The minimum Gasteiger partial charge on any atom is -0.550 e. The first-order valence-electron chi connectivity index (χ1n) is 11.0. The number of halogens is 1. The molecule has 0 aliphatic heterocycles. The topological polar surface area (TPSA) is 327 Å². The molecule has 0 heterocycles. The monoisotopic (exact) mass is 583 g/mol. The number of aliphatic imine (C=N–C) groups is 1. The Morgan fingerprint density at radius 3 is 1.79 bits per heavy atom. The largest absolute Gasteiger partial charge is 1.00 e. The van der Waals surface area contributed by atoms with E-state index >= 15 is 0 Å². The molecule has 0 spiro atoms. The number of nitrogens with zero attached hydrogens (tertiary/aromatic N) is 1. The fourth-order valence-corrected chi connectivity index (χ4v) is 1.93. The van der Waals surface area contributed by atoms with E-state index in [9.17, 15) is 29.4 Å². The summed E-state index contributed by atoms with van der Waals surface area (Å²) in [5, 5.41) is 47.3. The van der Waals surface area contributed by atoms with Gasteiger partial charge in [-0.15, -0.1) is 12.4 Å². The summed E-state index contributed by atoms with van der Waals surface area (Å²) >= 11 is 0. The third kappa shape index (κ3) is 28.8. The van der Waals surface area contributed by atoms with Crippen LogP contribution < -0.4 is 68.6 Å². The van der Waals surface area contributed by atoms with Crippen LogP contribution in [0.25, 0.3) is 0 Å². The predicted molar refractivity (Wildman–Crippen MR) is 136 cm³/mol. The van der Waals surface area contributed by atoms with E-state index in [0.717, 1.165) is 0 Å². The van der Waals surface area contributed by atoms with E-state index in [0.29, 0.717) is 38.8 Å². The normalized spacial score (nSPS) is 12.2. The molecule has 0 aromatic carbocycles. The number of guanidine groups is 1. The van der Waals surface area contributed by atoms with Gasteiger partial charge in [-0.05, 0) is 32.2 Å². The van der Waals surface area contributed by atoms with Gasteiger partial charge in [-0.3, -0.25) is 19.4 Å². The number of aliphatic hydroxyl groups excluding tert-OH is 2. The number of rotatable bonds is 15. The second kappa shape index (κ2) is 26.8. The van der Waals surface area contributed by atoms with E-state index in [4.69, 9.17) is 44.0 Å². The maximum atomic E-state index is 11.2. The molecule has 1 amide bonds. The number of carbonyl (C=O) groups excluding carboxylic acids is 2.